The van der Waals surface area contributed by atoms with Crippen LogP contribution < -0.4 is 10.2 Å². The molecule has 1 unspecified atom stereocenters. The molecule has 4 nitrogen and oxygen atoms in total. The van der Waals surface area contributed by atoms with Gasteiger partial charge < -0.3 is 14.6 Å². The first kappa shape index (κ1) is 15.4. The standard InChI is InChI=1S/C15H22BNO3/c1-12-14(16)4-2-5-15(12)20-8-3-6-17-7-9-19-11-13(17)10-18/h2,4-5,13,18H,3,6-11H2,1H3. The van der Waals surface area contributed by atoms with Gasteiger partial charge in [-0.1, -0.05) is 17.6 Å². The second-order valence-electron chi connectivity index (χ2n) is 5.12. The number of hydrogen-bond donors (Lipinski definition) is 1. The lowest BCUT2D eigenvalue weighted by Gasteiger charge is -2.34. The highest BCUT2D eigenvalue weighted by atomic mass is 16.5. The molecule has 0 aromatic heterocycles. The van der Waals surface area contributed by atoms with Crippen LogP contribution in [0.4, 0.5) is 0 Å². The summed E-state index contributed by atoms with van der Waals surface area (Å²) in [7, 11) is 5.85. The lowest BCUT2D eigenvalue weighted by atomic mass is 9.91. The van der Waals surface area contributed by atoms with Gasteiger partial charge in [-0.05, 0) is 25.0 Å². The van der Waals surface area contributed by atoms with Crippen LogP contribution in [0.15, 0.2) is 18.2 Å². The molecule has 20 heavy (non-hydrogen) atoms. The zero-order valence-corrected chi connectivity index (χ0v) is 12.0. The Morgan fingerprint density at radius 1 is 1.50 bits per heavy atom. The number of morpholine rings is 1. The fourth-order valence-electron chi connectivity index (χ4n) is 2.39. The fourth-order valence-corrected chi connectivity index (χ4v) is 2.39. The number of aliphatic hydroxyl groups is 1. The number of benzene rings is 1. The Morgan fingerprint density at radius 3 is 3.15 bits per heavy atom. The van der Waals surface area contributed by atoms with E-state index in [1.165, 1.54) is 0 Å². The molecule has 2 rings (SSSR count). The lowest BCUT2D eigenvalue weighted by Crippen LogP contribution is -2.47. The summed E-state index contributed by atoms with van der Waals surface area (Å²) in [5, 5.41) is 9.30. The third-order valence-electron chi connectivity index (χ3n) is 3.73. The molecule has 1 aliphatic heterocycles. The van der Waals surface area contributed by atoms with Crippen molar-refractivity contribution in [1.29, 1.82) is 0 Å². The van der Waals surface area contributed by atoms with E-state index in [9.17, 15) is 5.11 Å². The largest absolute Gasteiger partial charge is 0.493 e. The van der Waals surface area contributed by atoms with Gasteiger partial charge in [-0.25, -0.2) is 0 Å². The molecule has 1 N–H and O–H groups in total. The number of aliphatic hydroxyl groups excluding tert-OH is 1. The summed E-state index contributed by atoms with van der Waals surface area (Å²) in [4.78, 5) is 2.26. The summed E-state index contributed by atoms with van der Waals surface area (Å²) < 4.78 is 11.1. The fraction of sp³-hybridized carbons (Fsp3) is 0.600. The van der Waals surface area contributed by atoms with E-state index in [1.807, 2.05) is 25.1 Å². The minimum atomic E-state index is 0.123. The maximum Gasteiger partial charge on any atom is 0.121 e. The summed E-state index contributed by atoms with van der Waals surface area (Å²) in [6.45, 7) is 5.92. The highest BCUT2D eigenvalue weighted by Gasteiger charge is 2.21. The van der Waals surface area contributed by atoms with E-state index >= 15 is 0 Å². The molecular weight excluding hydrogens is 253 g/mol. The Hall–Kier alpha value is -1.04. The smallest absolute Gasteiger partial charge is 0.121 e. The molecule has 0 saturated carbocycles. The van der Waals surface area contributed by atoms with E-state index in [0.717, 1.165) is 42.9 Å². The van der Waals surface area contributed by atoms with Crippen molar-refractivity contribution < 1.29 is 14.6 Å². The van der Waals surface area contributed by atoms with Crippen molar-refractivity contribution in [2.45, 2.75) is 19.4 Å². The second-order valence-corrected chi connectivity index (χ2v) is 5.12. The van der Waals surface area contributed by atoms with Gasteiger partial charge in [-0.2, -0.15) is 0 Å². The molecule has 0 spiro atoms. The quantitative estimate of drug-likeness (QED) is 0.597. The number of nitrogens with zero attached hydrogens (tertiary/aromatic N) is 1. The van der Waals surface area contributed by atoms with Crippen molar-refractivity contribution >= 4 is 13.3 Å². The normalized spacial score (nSPS) is 20.0. The highest BCUT2D eigenvalue weighted by molar-refractivity contribution is 6.33. The highest BCUT2D eigenvalue weighted by Crippen LogP contribution is 2.14. The zero-order chi connectivity index (χ0) is 14.4. The lowest BCUT2D eigenvalue weighted by molar-refractivity contribution is -0.0287. The number of hydrogen-bond acceptors (Lipinski definition) is 4. The second kappa shape index (κ2) is 7.67. The van der Waals surface area contributed by atoms with Crippen molar-refractivity contribution in [2.75, 3.05) is 39.5 Å². The van der Waals surface area contributed by atoms with Gasteiger partial charge in [-0.15, -0.1) is 0 Å². The Labute approximate surface area is 122 Å². The molecule has 1 saturated heterocycles. The van der Waals surface area contributed by atoms with Gasteiger partial charge in [0.15, 0.2) is 0 Å². The number of ether oxygens (including phenoxy) is 2. The molecule has 1 heterocycles. The topological polar surface area (TPSA) is 41.9 Å². The molecule has 2 radical (unpaired) electrons. The van der Waals surface area contributed by atoms with Crippen LogP contribution in [0.25, 0.3) is 0 Å². The Kier molecular flexibility index (Phi) is 5.89. The first-order chi connectivity index (χ1) is 9.72. The van der Waals surface area contributed by atoms with E-state index in [4.69, 9.17) is 17.3 Å². The minimum absolute atomic E-state index is 0.123. The third-order valence-corrected chi connectivity index (χ3v) is 3.73. The monoisotopic (exact) mass is 275 g/mol. The van der Waals surface area contributed by atoms with Crippen molar-refractivity contribution in [2.24, 2.45) is 0 Å². The molecule has 1 fully saturated rings. The molecule has 5 heteroatoms. The van der Waals surface area contributed by atoms with Crippen LogP contribution in [-0.4, -0.2) is 63.4 Å². The summed E-state index contributed by atoms with van der Waals surface area (Å²) >= 11 is 0. The van der Waals surface area contributed by atoms with E-state index in [2.05, 4.69) is 4.90 Å². The molecule has 1 aromatic rings. The van der Waals surface area contributed by atoms with Crippen LogP contribution in [0.2, 0.25) is 0 Å². The maximum atomic E-state index is 9.30. The predicted molar refractivity (Wildman–Crippen MR) is 79.9 cm³/mol. The van der Waals surface area contributed by atoms with Crippen LogP contribution in [0.3, 0.4) is 0 Å². The van der Waals surface area contributed by atoms with E-state index in [1.54, 1.807) is 0 Å². The molecule has 0 bridgehead atoms. The molecular formula is C15H22BNO3. The van der Waals surface area contributed by atoms with Crippen LogP contribution >= 0.6 is 0 Å². The Morgan fingerprint density at radius 2 is 2.35 bits per heavy atom. The number of rotatable bonds is 6. The van der Waals surface area contributed by atoms with Gasteiger partial charge in [0.25, 0.3) is 0 Å². The zero-order valence-electron chi connectivity index (χ0n) is 12.0. The molecule has 1 atom stereocenters. The molecule has 0 aliphatic carbocycles. The minimum Gasteiger partial charge on any atom is -0.493 e. The Balaban J connectivity index is 1.74. The molecule has 1 aliphatic rings. The average Bonchev–Trinajstić information content (AvgIpc) is 2.48. The van der Waals surface area contributed by atoms with Gasteiger partial charge in [-0.3, -0.25) is 4.90 Å². The third kappa shape index (κ3) is 3.98. The SMILES string of the molecule is [B]c1cccc(OCCCN2CCOCC2CO)c1C. The summed E-state index contributed by atoms with van der Waals surface area (Å²) in [5.41, 5.74) is 1.75. The summed E-state index contributed by atoms with van der Waals surface area (Å²) in [5.74, 6) is 0.852. The van der Waals surface area contributed by atoms with Gasteiger partial charge in [0.2, 0.25) is 0 Å². The maximum absolute atomic E-state index is 9.30. The van der Waals surface area contributed by atoms with E-state index < -0.39 is 0 Å². The van der Waals surface area contributed by atoms with E-state index in [-0.39, 0.29) is 12.6 Å². The first-order valence-corrected chi connectivity index (χ1v) is 7.13. The molecule has 0 amide bonds. The van der Waals surface area contributed by atoms with Gasteiger partial charge in [0.05, 0.1) is 32.5 Å². The predicted octanol–water partition coefficient (Wildman–Crippen LogP) is 0.251. The van der Waals surface area contributed by atoms with Crippen molar-refractivity contribution in [3.8, 4) is 5.75 Å². The van der Waals surface area contributed by atoms with Crippen LogP contribution in [-0.2, 0) is 4.74 Å². The Bertz CT molecular complexity index is 428. The van der Waals surface area contributed by atoms with Crippen LogP contribution in [0.1, 0.15) is 12.0 Å². The molecule has 108 valence electrons. The van der Waals surface area contributed by atoms with Crippen LogP contribution in [0, 0.1) is 6.92 Å². The van der Waals surface area contributed by atoms with Gasteiger partial charge in [0, 0.05) is 13.1 Å². The van der Waals surface area contributed by atoms with Gasteiger partial charge in [0.1, 0.15) is 13.6 Å². The van der Waals surface area contributed by atoms with Gasteiger partial charge >= 0.3 is 0 Å². The molecule has 1 aromatic carbocycles. The average molecular weight is 275 g/mol. The summed E-state index contributed by atoms with van der Waals surface area (Å²) in [6.07, 6.45) is 0.921. The van der Waals surface area contributed by atoms with Crippen molar-refractivity contribution in [3.63, 3.8) is 0 Å². The van der Waals surface area contributed by atoms with Crippen molar-refractivity contribution in [1.82, 2.24) is 4.90 Å². The van der Waals surface area contributed by atoms with E-state index in [0.29, 0.717) is 13.2 Å². The van der Waals surface area contributed by atoms with Crippen molar-refractivity contribution in [3.05, 3.63) is 23.8 Å². The summed E-state index contributed by atoms with van der Waals surface area (Å²) in [6, 6.07) is 5.85. The first-order valence-electron chi connectivity index (χ1n) is 7.13. The van der Waals surface area contributed by atoms with Crippen LogP contribution in [0.5, 0.6) is 5.75 Å².